The molecular weight excluding hydrogens is 303 g/mol. The molecule has 1 N–H and O–H groups in total. The standard InChI is InChI=1S/C13H20N2O3S.Na.H2O/c1-13(2,3)18-12(16)15-7-4-10(5-8-15)17-11-14-6-9-19-11;;/h6,9-10H,4-5,7-8H2,1-3H3;;1H2/q;+1;/p-1. The topological polar surface area (TPSA) is 81.7 Å². The molecule has 1 fully saturated rings. The number of amides is 1. The zero-order valence-corrected chi connectivity index (χ0v) is 15.9. The van der Waals surface area contributed by atoms with Gasteiger partial charge in [-0.25, -0.2) is 9.78 Å². The predicted molar refractivity (Wildman–Crippen MR) is 75.5 cm³/mol. The van der Waals surface area contributed by atoms with E-state index in [1.807, 2.05) is 26.2 Å². The van der Waals surface area contributed by atoms with Crippen molar-refractivity contribution in [2.24, 2.45) is 0 Å². The maximum absolute atomic E-state index is 11.9. The molecular formula is C13H21N2NaO4S. The van der Waals surface area contributed by atoms with Gasteiger partial charge in [-0.3, -0.25) is 0 Å². The summed E-state index contributed by atoms with van der Waals surface area (Å²) in [6.07, 6.45) is 3.28. The van der Waals surface area contributed by atoms with E-state index < -0.39 is 5.60 Å². The first kappa shape index (κ1) is 20.7. The van der Waals surface area contributed by atoms with Gasteiger partial charge in [-0.05, 0) is 20.8 Å². The van der Waals surface area contributed by atoms with Crippen molar-refractivity contribution < 1.29 is 49.3 Å². The number of carbonyl (C=O) groups excluding carboxylic acids is 1. The predicted octanol–water partition coefficient (Wildman–Crippen LogP) is -0.251. The van der Waals surface area contributed by atoms with Crippen LogP contribution in [0, 0.1) is 0 Å². The van der Waals surface area contributed by atoms with Crippen molar-refractivity contribution in [1.82, 2.24) is 9.88 Å². The van der Waals surface area contributed by atoms with Crippen molar-refractivity contribution >= 4 is 17.4 Å². The number of thiazole rings is 1. The fourth-order valence-corrected chi connectivity index (χ4v) is 2.45. The minimum Gasteiger partial charge on any atom is -0.870 e. The number of hydrogen-bond donors (Lipinski definition) is 0. The zero-order valence-electron chi connectivity index (χ0n) is 13.0. The summed E-state index contributed by atoms with van der Waals surface area (Å²) in [4.78, 5) is 17.7. The van der Waals surface area contributed by atoms with Crippen molar-refractivity contribution in [2.75, 3.05) is 13.1 Å². The van der Waals surface area contributed by atoms with E-state index in [-0.39, 0.29) is 47.2 Å². The molecule has 6 nitrogen and oxygen atoms in total. The average Bonchev–Trinajstić information content (AvgIpc) is 2.80. The number of carbonyl (C=O) groups is 1. The number of likely N-dealkylation sites (tertiary alicyclic amines) is 1. The number of ether oxygens (including phenoxy) is 2. The molecule has 1 aliphatic rings. The number of aromatic nitrogens is 1. The van der Waals surface area contributed by atoms with Crippen LogP contribution < -0.4 is 34.3 Å². The molecule has 1 saturated heterocycles. The summed E-state index contributed by atoms with van der Waals surface area (Å²) < 4.78 is 11.1. The second-order valence-corrected chi connectivity index (χ2v) is 6.44. The van der Waals surface area contributed by atoms with Crippen molar-refractivity contribution in [3.8, 4) is 5.19 Å². The third kappa shape index (κ3) is 6.97. The molecule has 1 aromatic heterocycles. The number of hydrogen-bond acceptors (Lipinski definition) is 6. The van der Waals surface area contributed by atoms with Gasteiger partial charge in [0.1, 0.15) is 11.7 Å². The van der Waals surface area contributed by atoms with Gasteiger partial charge >= 0.3 is 35.7 Å². The Morgan fingerprint density at radius 2 is 2.00 bits per heavy atom. The van der Waals surface area contributed by atoms with Gasteiger partial charge in [0.15, 0.2) is 0 Å². The van der Waals surface area contributed by atoms with Crippen LogP contribution in [0.1, 0.15) is 33.6 Å². The molecule has 1 aromatic rings. The van der Waals surface area contributed by atoms with Crippen LogP contribution in [0.3, 0.4) is 0 Å². The Bertz CT molecular complexity index is 414. The summed E-state index contributed by atoms with van der Waals surface area (Å²) >= 11 is 1.49. The van der Waals surface area contributed by atoms with Gasteiger partial charge in [0.25, 0.3) is 5.19 Å². The Balaban J connectivity index is 0.00000200. The maximum Gasteiger partial charge on any atom is 1.00 e. The van der Waals surface area contributed by atoms with Crippen LogP contribution in [-0.4, -0.2) is 46.2 Å². The van der Waals surface area contributed by atoms with Crippen LogP contribution in [0.15, 0.2) is 11.6 Å². The molecule has 2 rings (SSSR count). The molecule has 0 radical (unpaired) electrons. The molecule has 0 saturated carbocycles. The molecule has 1 amide bonds. The summed E-state index contributed by atoms with van der Waals surface area (Å²) in [5.74, 6) is 0. The van der Waals surface area contributed by atoms with Crippen LogP contribution in [0.5, 0.6) is 5.19 Å². The molecule has 21 heavy (non-hydrogen) atoms. The Morgan fingerprint density at radius 1 is 1.38 bits per heavy atom. The summed E-state index contributed by atoms with van der Waals surface area (Å²) in [6, 6.07) is 0. The Labute approximate surface area is 151 Å². The van der Waals surface area contributed by atoms with Crippen LogP contribution in [0.25, 0.3) is 0 Å². The normalized spacial score (nSPS) is 15.7. The first-order chi connectivity index (χ1) is 8.94. The van der Waals surface area contributed by atoms with Crippen molar-refractivity contribution in [1.29, 1.82) is 0 Å². The second kappa shape index (κ2) is 8.95. The van der Waals surface area contributed by atoms with Crippen LogP contribution in [0.2, 0.25) is 0 Å². The van der Waals surface area contributed by atoms with Crippen LogP contribution in [0.4, 0.5) is 4.79 Å². The van der Waals surface area contributed by atoms with E-state index in [2.05, 4.69) is 4.98 Å². The molecule has 0 spiro atoms. The van der Waals surface area contributed by atoms with E-state index in [0.717, 1.165) is 12.8 Å². The number of rotatable bonds is 2. The van der Waals surface area contributed by atoms with Crippen molar-refractivity contribution in [2.45, 2.75) is 45.3 Å². The molecule has 8 heteroatoms. The van der Waals surface area contributed by atoms with Gasteiger partial charge in [0, 0.05) is 37.5 Å². The van der Waals surface area contributed by atoms with E-state index in [4.69, 9.17) is 9.47 Å². The monoisotopic (exact) mass is 324 g/mol. The third-order valence-electron chi connectivity index (χ3n) is 2.77. The molecule has 2 heterocycles. The first-order valence-electron chi connectivity index (χ1n) is 6.48. The smallest absolute Gasteiger partial charge is 0.870 e. The zero-order chi connectivity index (χ0) is 13.9. The minimum absolute atomic E-state index is 0. The van der Waals surface area contributed by atoms with E-state index in [1.165, 1.54) is 11.3 Å². The van der Waals surface area contributed by atoms with E-state index in [9.17, 15) is 4.79 Å². The van der Waals surface area contributed by atoms with E-state index >= 15 is 0 Å². The molecule has 0 unspecified atom stereocenters. The molecule has 114 valence electrons. The van der Waals surface area contributed by atoms with Crippen LogP contribution in [-0.2, 0) is 4.74 Å². The Morgan fingerprint density at radius 3 is 2.48 bits per heavy atom. The third-order valence-corrected chi connectivity index (χ3v) is 3.43. The summed E-state index contributed by atoms with van der Waals surface area (Å²) in [6.45, 7) is 6.98. The maximum atomic E-state index is 11.9. The molecule has 0 aliphatic carbocycles. The van der Waals surface area contributed by atoms with Gasteiger partial charge in [-0.1, -0.05) is 11.3 Å². The number of nitrogens with zero attached hydrogens (tertiary/aromatic N) is 2. The molecule has 1 aliphatic heterocycles. The van der Waals surface area contributed by atoms with Crippen molar-refractivity contribution in [3.63, 3.8) is 0 Å². The van der Waals surface area contributed by atoms with E-state index in [1.54, 1.807) is 11.1 Å². The summed E-state index contributed by atoms with van der Waals surface area (Å²) in [7, 11) is 0. The largest absolute Gasteiger partial charge is 1.00 e. The van der Waals surface area contributed by atoms with Gasteiger partial charge in [0.2, 0.25) is 0 Å². The molecule has 0 atom stereocenters. The summed E-state index contributed by atoms with van der Waals surface area (Å²) in [5.41, 5.74) is -0.439. The fourth-order valence-electron chi connectivity index (χ4n) is 1.89. The minimum atomic E-state index is -0.439. The first-order valence-corrected chi connectivity index (χ1v) is 7.36. The van der Waals surface area contributed by atoms with Gasteiger partial charge in [0.05, 0.1) is 0 Å². The molecule has 0 bridgehead atoms. The van der Waals surface area contributed by atoms with Gasteiger partial charge in [-0.2, -0.15) is 0 Å². The Hall–Kier alpha value is -0.340. The number of piperidine rings is 1. The fraction of sp³-hybridized carbons (Fsp3) is 0.692. The van der Waals surface area contributed by atoms with Crippen LogP contribution >= 0.6 is 11.3 Å². The average molecular weight is 324 g/mol. The van der Waals surface area contributed by atoms with Gasteiger partial charge in [-0.15, -0.1) is 0 Å². The van der Waals surface area contributed by atoms with Gasteiger partial charge < -0.3 is 19.8 Å². The quantitative estimate of drug-likeness (QED) is 0.701. The van der Waals surface area contributed by atoms with E-state index in [0.29, 0.717) is 18.3 Å². The second-order valence-electron chi connectivity index (χ2n) is 5.58. The summed E-state index contributed by atoms with van der Waals surface area (Å²) in [5, 5.41) is 2.60. The SMILES string of the molecule is CC(C)(C)OC(=O)N1CCC(Oc2nccs2)CC1.[Na+].[OH-]. The molecule has 0 aromatic carbocycles. The Kier molecular flexibility index (Phi) is 8.80. The van der Waals surface area contributed by atoms with Crippen molar-refractivity contribution in [3.05, 3.63) is 11.6 Å².